The van der Waals surface area contributed by atoms with Gasteiger partial charge in [0.15, 0.2) is 5.82 Å². The number of aromatic amines is 2. The second-order valence-electron chi connectivity index (χ2n) is 3.34. The van der Waals surface area contributed by atoms with Crippen molar-refractivity contribution in [1.29, 1.82) is 0 Å². The van der Waals surface area contributed by atoms with Gasteiger partial charge in [-0.1, -0.05) is 5.16 Å². The molecular weight excluding hydrogens is 222 g/mol. The van der Waals surface area contributed by atoms with E-state index in [-0.39, 0.29) is 0 Å². The smallest absolute Gasteiger partial charge is 0.296 e. The van der Waals surface area contributed by atoms with E-state index in [1.807, 2.05) is 12.1 Å². The van der Waals surface area contributed by atoms with Gasteiger partial charge < -0.3 is 0 Å². The summed E-state index contributed by atoms with van der Waals surface area (Å²) in [5.74, 6) is -0.252. The second kappa shape index (κ2) is 3.71. The predicted octanol–water partition coefficient (Wildman–Crippen LogP) is 0.815. The van der Waals surface area contributed by atoms with Crippen LogP contribution in [0.5, 0.6) is 0 Å². The molecule has 0 unspecified atom stereocenters. The molecule has 0 bridgehead atoms. The largest absolute Gasteiger partial charge is 0.439 e. The standard InChI is InChI=1S/C10H7N5O2/c16-10-13-9(15-17-10)7-5-12-14-8(7)6-1-3-11-4-2-6/h1-5H,(H,12,14)(H,13,15,16). The first-order valence-electron chi connectivity index (χ1n) is 4.85. The summed E-state index contributed by atoms with van der Waals surface area (Å²) in [5, 5.41) is 10.4. The maximum absolute atomic E-state index is 10.9. The van der Waals surface area contributed by atoms with Crippen molar-refractivity contribution in [3.05, 3.63) is 41.3 Å². The predicted molar refractivity (Wildman–Crippen MR) is 57.9 cm³/mol. The van der Waals surface area contributed by atoms with E-state index in [0.29, 0.717) is 11.4 Å². The molecule has 3 heterocycles. The fourth-order valence-electron chi connectivity index (χ4n) is 1.55. The molecule has 3 rings (SSSR count). The number of hydrogen-bond acceptors (Lipinski definition) is 5. The third kappa shape index (κ3) is 1.63. The Kier molecular flexibility index (Phi) is 2.08. The van der Waals surface area contributed by atoms with E-state index in [2.05, 4.69) is 29.8 Å². The minimum atomic E-state index is -0.595. The van der Waals surface area contributed by atoms with Crippen LogP contribution in [0.4, 0.5) is 0 Å². The van der Waals surface area contributed by atoms with Crippen LogP contribution in [0.1, 0.15) is 0 Å². The van der Waals surface area contributed by atoms with Gasteiger partial charge in [0.2, 0.25) is 0 Å². The van der Waals surface area contributed by atoms with Crippen molar-refractivity contribution >= 4 is 0 Å². The fourth-order valence-corrected chi connectivity index (χ4v) is 1.55. The minimum Gasteiger partial charge on any atom is -0.296 e. The molecule has 17 heavy (non-hydrogen) atoms. The van der Waals surface area contributed by atoms with Crippen molar-refractivity contribution in [1.82, 2.24) is 25.3 Å². The molecule has 0 aliphatic carbocycles. The summed E-state index contributed by atoms with van der Waals surface area (Å²) >= 11 is 0. The zero-order chi connectivity index (χ0) is 11.7. The lowest BCUT2D eigenvalue weighted by molar-refractivity contribution is 0.388. The van der Waals surface area contributed by atoms with E-state index >= 15 is 0 Å². The highest BCUT2D eigenvalue weighted by Gasteiger charge is 2.13. The van der Waals surface area contributed by atoms with Crippen LogP contribution in [0.15, 0.2) is 40.0 Å². The molecule has 7 nitrogen and oxygen atoms in total. The average Bonchev–Trinajstić information content (AvgIpc) is 2.98. The van der Waals surface area contributed by atoms with Crippen LogP contribution in [0.2, 0.25) is 0 Å². The molecule has 7 heteroatoms. The number of nitrogens with one attached hydrogen (secondary N) is 2. The number of hydrogen-bond donors (Lipinski definition) is 2. The van der Waals surface area contributed by atoms with Gasteiger partial charge in [0.05, 0.1) is 17.5 Å². The summed E-state index contributed by atoms with van der Waals surface area (Å²) in [4.78, 5) is 17.3. The van der Waals surface area contributed by atoms with E-state index in [9.17, 15) is 4.79 Å². The normalized spacial score (nSPS) is 10.6. The monoisotopic (exact) mass is 229 g/mol. The summed E-state index contributed by atoms with van der Waals surface area (Å²) in [6.07, 6.45) is 4.92. The topological polar surface area (TPSA) is 100 Å². The molecule has 0 saturated carbocycles. The molecule has 0 fully saturated rings. The molecule has 84 valence electrons. The first kappa shape index (κ1) is 9.52. The van der Waals surface area contributed by atoms with Crippen LogP contribution in [-0.4, -0.2) is 25.3 Å². The van der Waals surface area contributed by atoms with Gasteiger partial charge in [0.25, 0.3) is 0 Å². The van der Waals surface area contributed by atoms with Gasteiger partial charge in [-0.25, -0.2) is 4.79 Å². The molecule has 0 spiro atoms. The molecule has 0 saturated heterocycles. The van der Waals surface area contributed by atoms with E-state index in [0.717, 1.165) is 11.3 Å². The van der Waals surface area contributed by atoms with Gasteiger partial charge in [0, 0.05) is 18.0 Å². The lowest BCUT2D eigenvalue weighted by Crippen LogP contribution is -1.95. The molecular formula is C10H7N5O2. The molecule has 0 atom stereocenters. The summed E-state index contributed by atoms with van der Waals surface area (Å²) in [6, 6.07) is 3.66. The van der Waals surface area contributed by atoms with Gasteiger partial charge in [-0.15, -0.1) is 0 Å². The Morgan fingerprint density at radius 1 is 1.24 bits per heavy atom. The Balaban J connectivity index is 2.15. The van der Waals surface area contributed by atoms with Crippen molar-refractivity contribution in [3.63, 3.8) is 0 Å². The van der Waals surface area contributed by atoms with Crippen LogP contribution >= 0.6 is 0 Å². The van der Waals surface area contributed by atoms with Crippen LogP contribution in [0, 0.1) is 0 Å². The average molecular weight is 229 g/mol. The Labute approximate surface area is 94.5 Å². The van der Waals surface area contributed by atoms with E-state index in [4.69, 9.17) is 0 Å². The van der Waals surface area contributed by atoms with Crippen LogP contribution in [0.25, 0.3) is 22.6 Å². The van der Waals surface area contributed by atoms with Crippen molar-refractivity contribution in [2.45, 2.75) is 0 Å². The maximum atomic E-state index is 10.9. The Bertz CT molecular complexity index is 682. The summed E-state index contributed by atoms with van der Waals surface area (Å²) in [6.45, 7) is 0. The Morgan fingerprint density at radius 2 is 2.06 bits per heavy atom. The van der Waals surface area contributed by atoms with E-state index in [1.54, 1.807) is 18.6 Å². The van der Waals surface area contributed by atoms with Gasteiger partial charge in [-0.2, -0.15) is 5.10 Å². The molecule has 0 amide bonds. The zero-order valence-electron chi connectivity index (χ0n) is 8.54. The summed E-state index contributed by atoms with van der Waals surface area (Å²) in [5.41, 5.74) is 2.32. The third-order valence-corrected chi connectivity index (χ3v) is 2.30. The SMILES string of the molecule is O=c1[nH]c(-c2cn[nH]c2-c2ccncc2)no1. The van der Waals surface area contributed by atoms with Crippen molar-refractivity contribution < 1.29 is 4.52 Å². The van der Waals surface area contributed by atoms with Crippen LogP contribution in [0.3, 0.4) is 0 Å². The Morgan fingerprint density at radius 3 is 2.76 bits per heavy atom. The van der Waals surface area contributed by atoms with Gasteiger partial charge >= 0.3 is 5.76 Å². The van der Waals surface area contributed by atoms with Crippen molar-refractivity contribution in [3.8, 4) is 22.6 Å². The zero-order valence-corrected chi connectivity index (χ0v) is 8.54. The van der Waals surface area contributed by atoms with Crippen molar-refractivity contribution in [2.75, 3.05) is 0 Å². The van der Waals surface area contributed by atoms with Crippen LogP contribution in [-0.2, 0) is 0 Å². The molecule has 0 aromatic carbocycles. The molecule has 2 N–H and O–H groups in total. The van der Waals surface area contributed by atoms with E-state index < -0.39 is 5.76 Å². The lowest BCUT2D eigenvalue weighted by Gasteiger charge is -1.98. The van der Waals surface area contributed by atoms with Crippen LogP contribution < -0.4 is 5.76 Å². The molecule has 0 radical (unpaired) electrons. The lowest BCUT2D eigenvalue weighted by atomic mass is 10.1. The molecule has 3 aromatic heterocycles. The maximum Gasteiger partial charge on any atom is 0.439 e. The highest BCUT2D eigenvalue weighted by Crippen LogP contribution is 2.26. The van der Waals surface area contributed by atoms with Gasteiger partial charge in [-0.05, 0) is 12.1 Å². The molecule has 0 aliphatic heterocycles. The number of rotatable bonds is 2. The van der Waals surface area contributed by atoms with Crippen molar-refractivity contribution in [2.24, 2.45) is 0 Å². The Hall–Kier alpha value is -2.70. The molecule has 3 aromatic rings. The first-order valence-corrected chi connectivity index (χ1v) is 4.85. The van der Waals surface area contributed by atoms with E-state index in [1.165, 1.54) is 0 Å². The highest BCUT2D eigenvalue weighted by atomic mass is 16.5. The third-order valence-electron chi connectivity index (χ3n) is 2.30. The first-order chi connectivity index (χ1) is 8.34. The van der Waals surface area contributed by atoms with Gasteiger partial charge in [-0.3, -0.25) is 19.6 Å². The highest BCUT2D eigenvalue weighted by molar-refractivity contribution is 5.76. The summed E-state index contributed by atoms with van der Waals surface area (Å²) < 4.78 is 4.46. The number of pyridine rings is 1. The number of aromatic nitrogens is 5. The molecule has 0 aliphatic rings. The number of H-pyrrole nitrogens is 2. The summed E-state index contributed by atoms with van der Waals surface area (Å²) in [7, 11) is 0. The number of nitrogens with zero attached hydrogens (tertiary/aromatic N) is 3. The second-order valence-corrected chi connectivity index (χ2v) is 3.34. The fraction of sp³-hybridized carbons (Fsp3) is 0. The quantitative estimate of drug-likeness (QED) is 0.677. The van der Waals surface area contributed by atoms with Gasteiger partial charge in [0.1, 0.15) is 0 Å². The minimum absolute atomic E-state index is 0.343.